The second-order valence-electron chi connectivity index (χ2n) is 4.22. The lowest BCUT2D eigenvalue weighted by atomic mass is 9.91. The lowest BCUT2D eigenvalue weighted by molar-refractivity contribution is -0.139. The monoisotopic (exact) mass is 221 g/mol. The average molecular weight is 222 g/mol. The van der Waals surface area contributed by atoms with E-state index < -0.39 is 11.5 Å². The fraction of sp³-hybridized carbons (Fsp3) is 0.900. The van der Waals surface area contributed by atoms with Crippen molar-refractivity contribution in [3.63, 3.8) is 0 Å². The summed E-state index contributed by atoms with van der Waals surface area (Å²) in [6, 6.07) is 0.146. The molecule has 0 spiro atoms. The van der Waals surface area contributed by atoms with Gasteiger partial charge in [-0.25, -0.2) is 4.42 Å². The van der Waals surface area contributed by atoms with Crippen LogP contribution in [0.5, 0.6) is 0 Å². The number of carboxylic acids is 1. The van der Waals surface area contributed by atoms with Gasteiger partial charge in [0.1, 0.15) is 0 Å². The van der Waals surface area contributed by atoms with Crippen molar-refractivity contribution in [3.05, 3.63) is 0 Å². The largest absolute Gasteiger partial charge is 0.481 e. The van der Waals surface area contributed by atoms with Crippen molar-refractivity contribution >= 4 is 17.7 Å². The molecule has 0 saturated carbocycles. The van der Waals surface area contributed by atoms with Crippen LogP contribution in [0.2, 0.25) is 0 Å². The fourth-order valence-corrected chi connectivity index (χ4v) is 1.90. The van der Waals surface area contributed by atoms with E-state index in [0.29, 0.717) is 0 Å². The topological polar surface area (TPSA) is 40.5 Å². The molecule has 0 saturated heterocycles. The first kappa shape index (κ1) is 13.7. The zero-order chi connectivity index (χ0) is 11.4. The molecule has 0 aromatic carbocycles. The summed E-state index contributed by atoms with van der Waals surface area (Å²) in [5, 5.41) is 8.82. The Labute approximate surface area is 91.2 Å². The van der Waals surface area contributed by atoms with E-state index in [1.54, 1.807) is 4.42 Å². The Kier molecular flexibility index (Phi) is 5.45. The van der Waals surface area contributed by atoms with Crippen LogP contribution in [0, 0.1) is 0 Å². The molecule has 4 heteroatoms. The van der Waals surface area contributed by atoms with E-state index in [1.165, 1.54) is 0 Å². The molecule has 84 valence electrons. The third kappa shape index (κ3) is 3.84. The Morgan fingerprint density at radius 3 is 2.36 bits per heavy atom. The molecule has 0 bridgehead atoms. The Morgan fingerprint density at radius 1 is 1.57 bits per heavy atom. The quantitative estimate of drug-likeness (QED) is 0.702. The molecule has 3 nitrogen and oxygen atoms in total. The zero-order valence-corrected chi connectivity index (χ0v) is 10.1. The molecule has 0 amide bonds. The van der Waals surface area contributed by atoms with Gasteiger partial charge in [-0.05, 0) is 39.0 Å². The van der Waals surface area contributed by atoms with Gasteiger partial charge in [-0.15, -0.1) is 0 Å². The van der Waals surface area contributed by atoms with Gasteiger partial charge in [0, 0.05) is 11.6 Å². The first-order valence-electron chi connectivity index (χ1n) is 5.00. The molecule has 0 radical (unpaired) electrons. The highest BCUT2D eigenvalue weighted by Crippen LogP contribution is 2.29. The van der Waals surface area contributed by atoms with Gasteiger partial charge in [0.05, 0.1) is 6.42 Å². The van der Waals surface area contributed by atoms with E-state index in [0.717, 1.165) is 12.8 Å². The van der Waals surface area contributed by atoms with E-state index >= 15 is 0 Å². The van der Waals surface area contributed by atoms with Crippen LogP contribution in [-0.4, -0.2) is 27.1 Å². The number of rotatable bonds is 6. The minimum Gasteiger partial charge on any atom is -0.481 e. The lowest BCUT2D eigenvalue weighted by Gasteiger charge is -2.37. The van der Waals surface area contributed by atoms with Gasteiger partial charge in [-0.2, -0.15) is 0 Å². The van der Waals surface area contributed by atoms with Crippen molar-refractivity contribution < 1.29 is 9.90 Å². The maximum atomic E-state index is 10.7. The predicted octanol–water partition coefficient (Wildman–Crippen LogP) is 2.88. The SMILES string of the molecule is CCCC(C)(CC(=O)O)N(Cl)C(C)C. The maximum absolute atomic E-state index is 10.7. The zero-order valence-electron chi connectivity index (χ0n) is 9.38. The number of nitrogens with zero attached hydrogens (tertiary/aromatic N) is 1. The van der Waals surface area contributed by atoms with Gasteiger partial charge in [0.25, 0.3) is 0 Å². The molecular formula is C10H20ClNO2. The van der Waals surface area contributed by atoms with Crippen LogP contribution in [0.4, 0.5) is 0 Å². The van der Waals surface area contributed by atoms with Crippen molar-refractivity contribution in [2.24, 2.45) is 0 Å². The fourth-order valence-electron chi connectivity index (χ4n) is 1.76. The minimum atomic E-state index is -0.799. The van der Waals surface area contributed by atoms with Gasteiger partial charge < -0.3 is 5.11 Å². The Balaban J connectivity index is 4.60. The highest BCUT2D eigenvalue weighted by molar-refractivity contribution is 6.14. The van der Waals surface area contributed by atoms with Crippen molar-refractivity contribution in [1.82, 2.24) is 4.42 Å². The number of carboxylic acid groups (broad SMARTS) is 1. The van der Waals surface area contributed by atoms with Crippen molar-refractivity contribution in [1.29, 1.82) is 0 Å². The molecule has 14 heavy (non-hydrogen) atoms. The van der Waals surface area contributed by atoms with Gasteiger partial charge in [0.15, 0.2) is 0 Å². The second kappa shape index (κ2) is 5.56. The molecule has 0 fully saturated rings. The Bertz CT molecular complexity index is 197. The van der Waals surface area contributed by atoms with Gasteiger partial charge in [0.2, 0.25) is 0 Å². The van der Waals surface area contributed by atoms with Crippen LogP contribution < -0.4 is 0 Å². The van der Waals surface area contributed by atoms with Crippen LogP contribution in [0.15, 0.2) is 0 Å². The summed E-state index contributed by atoms with van der Waals surface area (Å²) in [5.41, 5.74) is -0.448. The normalized spacial score (nSPS) is 15.9. The van der Waals surface area contributed by atoms with Crippen LogP contribution in [0.1, 0.15) is 47.0 Å². The highest BCUT2D eigenvalue weighted by atomic mass is 35.5. The third-order valence-corrected chi connectivity index (χ3v) is 3.09. The standard InChI is InChI=1S/C10H20ClNO2/c1-5-6-10(4,7-9(13)14)12(11)8(2)3/h8H,5-7H2,1-4H3,(H,13,14). The van der Waals surface area contributed by atoms with Gasteiger partial charge in [-0.1, -0.05) is 13.3 Å². The summed E-state index contributed by atoms with van der Waals surface area (Å²) in [6.45, 7) is 7.86. The van der Waals surface area contributed by atoms with Crippen LogP contribution in [0.3, 0.4) is 0 Å². The lowest BCUT2D eigenvalue weighted by Crippen LogP contribution is -2.45. The second-order valence-corrected chi connectivity index (χ2v) is 4.59. The summed E-state index contributed by atoms with van der Waals surface area (Å²) in [7, 11) is 0. The summed E-state index contributed by atoms with van der Waals surface area (Å²) in [6.07, 6.45) is 1.81. The van der Waals surface area contributed by atoms with Crippen LogP contribution in [-0.2, 0) is 4.79 Å². The molecule has 0 heterocycles. The molecule has 1 unspecified atom stereocenters. The number of aliphatic carboxylic acids is 1. The van der Waals surface area contributed by atoms with Crippen molar-refractivity contribution in [3.8, 4) is 0 Å². The van der Waals surface area contributed by atoms with Crippen molar-refractivity contribution in [2.75, 3.05) is 0 Å². The molecule has 0 aromatic heterocycles. The van der Waals surface area contributed by atoms with E-state index in [1.807, 2.05) is 27.7 Å². The molecule has 1 atom stereocenters. The maximum Gasteiger partial charge on any atom is 0.305 e. The number of halogens is 1. The van der Waals surface area contributed by atoms with E-state index in [4.69, 9.17) is 16.9 Å². The number of hydrogen-bond acceptors (Lipinski definition) is 2. The van der Waals surface area contributed by atoms with Gasteiger partial charge in [-0.3, -0.25) is 4.79 Å². The van der Waals surface area contributed by atoms with Crippen molar-refractivity contribution in [2.45, 2.75) is 58.5 Å². The molecule has 0 aliphatic heterocycles. The molecule has 0 aromatic rings. The van der Waals surface area contributed by atoms with Gasteiger partial charge >= 0.3 is 5.97 Å². The number of hydrogen-bond donors (Lipinski definition) is 1. The predicted molar refractivity (Wildman–Crippen MR) is 58.4 cm³/mol. The Morgan fingerprint density at radius 2 is 2.07 bits per heavy atom. The summed E-state index contributed by atoms with van der Waals surface area (Å²) < 4.78 is 1.63. The summed E-state index contributed by atoms with van der Waals surface area (Å²) >= 11 is 6.12. The smallest absolute Gasteiger partial charge is 0.305 e. The molecular weight excluding hydrogens is 202 g/mol. The van der Waals surface area contributed by atoms with Crippen LogP contribution in [0.25, 0.3) is 0 Å². The Hall–Kier alpha value is -0.280. The summed E-state index contributed by atoms with van der Waals surface area (Å²) in [4.78, 5) is 10.7. The van der Waals surface area contributed by atoms with E-state index in [-0.39, 0.29) is 12.5 Å². The molecule has 1 N–H and O–H groups in total. The highest BCUT2D eigenvalue weighted by Gasteiger charge is 2.34. The number of carbonyl (C=O) groups is 1. The van der Waals surface area contributed by atoms with E-state index in [9.17, 15) is 4.79 Å². The van der Waals surface area contributed by atoms with E-state index in [2.05, 4.69) is 0 Å². The summed E-state index contributed by atoms with van der Waals surface area (Å²) in [5.74, 6) is -0.799. The average Bonchev–Trinajstić information content (AvgIpc) is 2.01. The molecule has 0 rings (SSSR count). The molecule has 0 aliphatic rings. The third-order valence-electron chi connectivity index (χ3n) is 2.29. The minimum absolute atomic E-state index is 0.0858. The van der Waals surface area contributed by atoms with Crippen LogP contribution >= 0.6 is 11.8 Å². The first-order valence-corrected chi connectivity index (χ1v) is 5.34. The first-order chi connectivity index (χ1) is 6.33. The molecule has 0 aliphatic carbocycles.